The maximum Gasteiger partial charge on any atom is 0.495 e. The third-order valence-electron chi connectivity index (χ3n) is 1.74. The largest absolute Gasteiger partial charge is 0.495 e. The third-order valence-corrected chi connectivity index (χ3v) is 1.74. The highest BCUT2D eigenvalue weighted by Gasteiger charge is 2.72. The fraction of sp³-hybridized carbons (Fsp3) is 1.00. The van der Waals surface area contributed by atoms with Gasteiger partial charge in [0.05, 0.1) is 0 Å². The second kappa shape index (κ2) is 7.44. The van der Waals surface area contributed by atoms with Gasteiger partial charge in [0, 0.05) is 0 Å². The smallest absolute Gasteiger partial charge is 0.264 e. The summed E-state index contributed by atoms with van der Waals surface area (Å²) in [4.78, 5) is 1.23. The zero-order chi connectivity index (χ0) is 21.2. The molecule has 0 bridgehead atoms. The van der Waals surface area contributed by atoms with Gasteiger partial charge >= 0.3 is 37.0 Å². The van der Waals surface area contributed by atoms with Gasteiger partial charge in [-0.3, -0.25) is 4.74 Å². The van der Waals surface area contributed by atoms with Gasteiger partial charge in [0.2, 0.25) is 0 Å². The summed E-state index contributed by atoms with van der Waals surface area (Å²) in [7, 11) is 0. The minimum Gasteiger partial charge on any atom is -0.264 e. The Morgan fingerprint density at radius 2 is 0.808 bits per heavy atom. The van der Waals surface area contributed by atoms with E-state index in [2.05, 4.69) is 4.74 Å². The van der Waals surface area contributed by atoms with Crippen molar-refractivity contribution in [3.8, 4) is 0 Å². The SMILES string of the molecule is FCOC(F)(F)OC(F)(F)C(F)(F)OC(F)(F)OC(F)(F)C(F)(F)OF. The van der Waals surface area contributed by atoms with Crippen molar-refractivity contribution in [2.24, 2.45) is 0 Å². The number of alkyl halides is 13. The summed E-state index contributed by atoms with van der Waals surface area (Å²) in [6.45, 7) is -2.61. The van der Waals surface area contributed by atoms with Gasteiger partial charge in [-0.25, -0.2) is 18.6 Å². The maximum atomic E-state index is 12.7. The van der Waals surface area contributed by atoms with E-state index in [9.17, 15) is 61.6 Å². The quantitative estimate of drug-likeness (QED) is 0.359. The van der Waals surface area contributed by atoms with Crippen molar-refractivity contribution in [3.63, 3.8) is 0 Å². The first-order valence-corrected chi connectivity index (χ1v) is 5.11. The van der Waals surface area contributed by atoms with Crippen LogP contribution in [0.5, 0.6) is 0 Å². The van der Waals surface area contributed by atoms with E-state index in [-0.39, 0.29) is 0 Å². The maximum absolute atomic E-state index is 12.7. The Morgan fingerprint density at radius 1 is 0.500 bits per heavy atom. The van der Waals surface area contributed by atoms with Crippen molar-refractivity contribution in [1.29, 1.82) is 0 Å². The second-order valence-corrected chi connectivity index (χ2v) is 3.63. The molecule has 0 rings (SSSR count). The van der Waals surface area contributed by atoms with E-state index in [1.807, 2.05) is 4.74 Å². The Balaban J connectivity index is 5.38. The summed E-state index contributed by atoms with van der Waals surface area (Å²) in [6.07, 6.45) is -39.9. The van der Waals surface area contributed by atoms with Crippen LogP contribution in [0.4, 0.5) is 61.6 Å². The minimum absolute atomic E-state index is 1.23. The molecule has 0 atom stereocenters. The highest BCUT2D eigenvalue weighted by Crippen LogP contribution is 2.46. The fourth-order valence-electron chi connectivity index (χ4n) is 0.785. The van der Waals surface area contributed by atoms with Crippen molar-refractivity contribution in [2.75, 3.05) is 6.86 Å². The molecule has 0 fully saturated rings. The first kappa shape index (κ1) is 24.8. The van der Waals surface area contributed by atoms with E-state index in [1.54, 1.807) is 9.47 Å². The lowest BCUT2D eigenvalue weighted by Crippen LogP contribution is -2.55. The predicted octanol–water partition coefficient (Wildman–Crippen LogP) is 4.35. The Bertz CT molecular complexity index is 467. The Kier molecular flexibility index (Phi) is 7.11. The number of rotatable bonds is 11. The van der Waals surface area contributed by atoms with Gasteiger partial charge in [0.1, 0.15) is 0 Å². The standard InChI is InChI=1S/C7H2F14O5/c8-1-22-6(17,18)23-2(9,10)3(11,12)24-7(19,20)25-4(13,14)5(15,16)26-21/h1H2. The van der Waals surface area contributed by atoms with Crippen molar-refractivity contribution < 1.29 is 85.5 Å². The van der Waals surface area contributed by atoms with Crippen LogP contribution in [0.2, 0.25) is 0 Å². The monoisotopic (exact) mass is 432 g/mol. The van der Waals surface area contributed by atoms with Gasteiger partial charge in [-0.15, -0.1) is 22.5 Å². The van der Waals surface area contributed by atoms with Crippen molar-refractivity contribution in [3.05, 3.63) is 0 Å². The molecule has 0 amide bonds. The molecule has 0 saturated carbocycles. The summed E-state index contributed by atoms with van der Waals surface area (Å²) in [5.41, 5.74) is 0. The third kappa shape index (κ3) is 6.21. The molecule has 0 spiro atoms. The lowest BCUT2D eigenvalue weighted by molar-refractivity contribution is -0.599. The molecule has 0 aromatic heterocycles. The normalized spacial score (nSPS) is 15.5. The van der Waals surface area contributed by atoms with Gasteiger partial charge in [0.15, 0.2) is 6.86 Å². The van der Waals surface area contributed by atoms with E-state index in [1.165, 1.54) is 4.94 Å². The zero-order valence-corrected chi connectivity index (χ0v) is 11.0. The first-order chi connectivity index (χ1) is 11.2. The molecule has 0 aromatic carbocycles. The molecule has 0 unspecified atom stereocenters. The van der Waals surface area contributed by atoms with Crippen molar-refractivity contribution in [1.82, 2.24) is 0 Å². The van der Waals surface area contributed by atoms with E-state index >= 15 is 0 Å². The van der Waals surface area contributed by atoms with Crippen molar-refractivity contribution >= 4 is 0 Å². The summed E-state index contributed by atoms with van der Waals surface area (Å²) in [5.74, 6) is 0. The predicted molar refractivity (Wildman–Crippen MR) is 42.2 cm³/mol. The second-order valence-electron chi connectivity index (χ2n) is 3.63. The molecule has 0 aliphatic rings. The van der Waals surface area contributed by atoms with Crippen LogP contribution in [-0.4, -0.2) is 43.9 Å². The number of hydrogen-bond acceptors (Lipinski definition) is 5. The Morgan fingerprint density at radius 3 is 1.12 bits per heavy atom. The van der Waals surface area contributed by atoms with Crippen LogP contribution in [0.25, 0.3) is 0 Å². The molecule has 0 aliphatic heterocycles. The van der Waals surface area contributed by atoms with Crippen LogP contribution < -0.4 is 0 Å². The summed E-state index contributed by atoms with van der Waals surface area (Å²) < 4.78 is 180. The van der Waals surface area contributed by atoms with E-state index < -0.39 is 43.9 Å². The van der Waals surface area contributed by atoms with Gasteiger partial charge in [-0.2, -0.15) is 35.1 Å². The van der Waals surface area contributed by atoms with Crippen LogP contribution >= 0.6 is 0 Å². The lowest BCUT2D eigenvalue weighted by Gasteiger charge is -2.31. The van der Waals surface area contributed by atoms with E-state index in [0.717, 1.165) is 0 Å². The average molecular weight is 432 g/mol. The van der Waals surface area contributed by atoms with Gasteiger partial charge in [-0.05, 0) is 4.53 Å². The molecule has 0 aliphatic carbocycles. The van der Waals surface area contributed by atoms with E-state index in [4.69, 9.17) is 0 Å². The summed E-state index contributed by atoms with van der Waals surface area (Å²) >= 11 is 0. The molecule has 5 nitrogen and oxygen atoms in total. The Labute approximate surface area is 131 Å². The number of ether oxygens (including phenoxy) is 4. The zero-order valence-electron chi connectivity index (χ0n) is 11.0. The van der Waals surface area contributed by atoms with Crippen LogP contribution in [0, 0.1) is 0 Å². The first-order valence-electron chi connectivity index (χ1n) is 5.11. The molecule has 0 saturated heterocycles. The lowest BCUT2D eigenvalue weighted by atomic mass is 10.5. The minimum atomic E-state index is -7.00. The molecule has 0 N–H and O–H groups in total. The van der Waals surface area contributed by atoms with Crippen LogP contribution in [-0.2, 0) is 23.9 Å². The molecule has 19 heteroatoms. The average Bonchev–Trinajstić information content (AvgIpc) is 2.33. The molecular weight excluding hydrogens is 430 g/mol. The van der Waals surface area contributed by atoms with E-state index in [0.29, 0.717) is 0 Å². The summed E-state index contributed by atoms with van der Waals surface area (Å²) in [5, 5.41) is 0. The highest BCUT2D eigenvalue weighted by molar-refractivity contribution is 4.70. The molecule has 158 valence electrons. The van der Waals surface area contributed by atoms with Gasteiger partial charge in [0.25, 0.3) is 0 Å². The van der Waals surface area contributed by atoms with Crippen LogP contribution in [0.15, 0.2) is 0 Å². The molecule has 0 radical (unpaired) electrons. The number of halogens is 14. The fourth-order valence-corrected chi connectivity index (χ4v) is 0.785. The molecule has 0 aromatic rings. The van der Waals surface area contributed by atoms with Crippen LogP contribution in [0.1, 0.15) is 0 Å². The summed E-state index contributed by atoms with van der Waals surface area (Å²) in [6, 6.07) is 0. The van der Waals surface area contributed by atoms with Crippen molar-refractivity contribution in [2.45, 2.75) is 37.0 Å². The van der Waals surface area contributed by atoms with Gasteiger partial charge in [-0.1, -0.05) is 0 Å². The topological polar surface area (TPSA) is 46.2 Å². The number of hydrogen-bond donors (Lipinski definition) is 0. The van der Waals surface area contributed by atoms with Gasteiger partial charge < -0.3 is 0 Å². The molecule has 26 heavy (non-hydrogen) atoms. The molecule has 0 heterocycles. The highest BCUT2D eigenvalue weighted by atomic mass is 19.4. The Hall–Kier alpha value is -1.18. The van der Waals surface area contributed by atoms with Crippen LogP contribution in [0.3, 0.4) is 0 Å². The molecular formula is C7H2F14O5.